The Morgan fingerprint density at radius 1 is 0.906 bits per heavy atom. The first-order chi connectivity index (χ1) is 15.3. The summed E-state index contributed by atoms with van der Waals surface area (Å²) in [7, 11) is 1.54. The minimum absolute atomic E-state index is 0.117. The van der Waals surface area contributed by atoms with Gasteiger partial charge in [0.25, 0.3) is 11.7 Å². The van der Waals surface area contributed by atoms with Gasteiger partial charge in [-0.15, -0.1) is 0 Å². The largest absolute Gasteiger partial charge is 0.495 e. The molecule has 0 bridgehead atoms. The summed E-state index contributed by atoms with van der Waals surface area (Å²) in [4.78, 5) is 26.6. The Morgan fingerprint density at radius 3 is 2.31 bits per heavy atom. The van der Waals surface area contributed by atoms with E-state index in [2.05, 4.69) is 26.1 Å². The zero-order valence-corrected chi connectivity index (χ0v) is 18.7. The highest BCUT2D eigenvalue weighted by Crippen LogP contribution is 2.32. The van der Waals surface area contributed by atoms with Crippen LogP contribution in [0.15, 0.2) is 79.0 Å². The molecule has 162 valence electrons. The van der Waals surface area contributed by atoms with Crippen molar-refractivity contribution in [2.75, 3.05) is 12.4 Å². The third kappa shape index (κ3) is 4.02. The molecule has 1 amide bonds. The number of Topliss-reactive ketones (excluding diaryl/α,β-unsaturated/α-hetero) is 1. The lowest BCUT2D eigenvalue weighted by atomic mass is 9.87. The molecule has 5 heteroatoms. The number of nitrogens with one attached hydrogen (secondary N) is 1. The molecule has 4 rings (SSSR count). The van der Waals surface area contributed by atoms with Gasteiger partial charge in [-0.05, 0) is 46.9 Å². The summed E-state index contributed by atoms with van der Waals surface area (Å²) >= 11 is 0. The Balaban J connectivity index is 1.76. The number of carbonyl (C=O) groups is 2. The maximum atomic E-state index is 13.4. The fourth-order valence-corrected chi connectivity index (χ4v) is 3.75. The van der Waals surface area contributed by atoms with E-state index in [0.717, 1.165) is 16.6 Å². The third-order valence-corrected chi connectivity index (χ3v) is 5.50. The summed E-state index contributed by atoms with van der Waals surface area (Å²) in [6, 6.07) is 22.8. The molecular formula is C27H26N2O3. The van der Waals surface area contributed by atoms with E-state index in [-0.39, 0.29) is 5.41 Å². The van der Waals surface area contributed by atoms with Gasteiger partial charge in [0, 0.05) is 17.3 Å². The predicted octanol–water partition coefficient (Wildman–Crippen LogP) is 5.73. The van der Waals surface area contributed by atoms with Crippen molar-refractivity contribution >= 4 is 22.9 Å². The SMILES string of the molecule is COc1ccc(C(C)(C)C)cc1NC(=O)C(=O)c1c(-c2ccccc2)cc2ccccn12. The number of nitrogens with zero attached hydrogens (tertiary/aromatic N) is 1. The van der Waals surface area contributed by atoms with Crippen LogP contribution in [0, 0.1) is 0 Å². The zero-order chi connectivity index (χ0) is 22.9. The molecule has 0 radical (unpaired) electrons. The lowest BCUT2D eigenvalue weighted by Crippen LogP contribution is -2.25. The minimum Gasteiger partial charge on any atom is -0.495 e. The van der Waals surface area contributed by atoms with Gasteiger partial charge in [0.2, 0.25) is 0 Å². The van der Waals surface area contributed by atoms with Crippen molar-refractivity contribution in [3.05, 3.63) is 90.3 Å². The molecule has 4 aromatic rings. The van der Waals surface area contributed by atoms with Crippen molar-refractivity contribution in [1.29, 1.82) is 0 Å². The molecule has 0 fully saturated rings. The van der Waals surface area contributed by atoms with Crippen LogP contribution in [0.3, 0.4) is 0 Å². The molecule has 0 saturated heterocycles. The maximum absolute atomic E-state index is 13.4. The molecule has 0 aliphatic carbocycles. The van der Waals surface area contributed by atoms with Crippen LogP contribution in [0.1, 0.15) is 36.8 Å². The van der Waals surface area contributed by atoms with Crippen molar-refractivity contribution in [2.45, 2.75) is 26.2 Å². The van der Waals surface area contributed by atoms with Crippen molar-refractivity contribution in [3.8, 4) is 16.9 Å². The standard InChI is InChI=1S/C27H26N2O3/c1-27(2,3)19-13-14-23(32-4)22(16-19)28-26(31)25(30)24-21(18-10-6-5-7-11-18)17-20-12-8-9-15-29(20)24/h5-17H,1-4H3,(H,28,31). The number of ether oxygens (including phenoxy) is 1. The second-order valence-electron chi connectivity index (χ2n) is 8.72. The third-order valence-electron chi connectivity index (χ3n) is 5.50. The first-order valence-corrected chi connectivity index (χ1v) is 10.5. The number of aromatic nitrogens is 1. The number of hydrogen-bond acceptors (Lipinski definition) is 3. The number of carbonyl (C=O) groups excluding carboxylic acids is 2. The molecule has 0 saturated carbocycles. The predicted molar refractivity (Wildman–Crippen MR) is 127 cm³/mol. The quantitative estimate of drug-likeness (QED) is 0.327. The van der Waals surface area contributed by atoms with Crippen LogP contribution in [0.2, 0.25) is 0 Å². The molecule has 0 aliphatic rings. The first kappa shape index (κ1) is 21.4. The van der Waals surface area contributed by atoms with Gasteiger partial charge in [-0.25, -0.2) is 0 Å². The average Bonchev–Trinajstić information content (AvgIpc) is 3.18. The molecule has 0 spiro atoms. The van der Waals surface area contributed by atoms with Crippen LogP contribution in [0.5, 0.6) is 5.75 Å². The van der Waals surface area contributed by atoms with E-state index in [4.69, 9.17) is 4.74 Å². The number of amides is 1. The molecule has 0 aliphatic heterocycles. The number of ketones is 1. The maximum Gasteiger partial charge on any atom is 0.298 e. The van der Waals surface area contributed by atoms with E-state index in [9.17, 15) is 9.59 Å². The average molecular weight is 427 g/mol. The number of pyridine rings is 1. The van der Waals surface area contributed by atoms with Gasteiger partial charge in [-0.1, -0.05) is 63.2 Å². The molecule has 5 nitrogen and oxygen atoms in total. The molecule has 1 N–H and O–H groups in total. The van der Waals surface area contributed by atoms with E-state index in [1.807, 2.05) is 72.8 Å². The number of methoxy groups -OCH3 is 1. The number of anilines is 1. The van der Waals surface area contributed by atoms with Crippen LogP contribution in [0.4, 0.5) is 5.69 Å². The number of rotatable bonds is 5. The lowest BCUT2D eigenvalue weighted by molar-refractivity contribution is -0.112. The van der Waals surface area contributed by atoms with E-state index >= 15 is 0 Å². The van der Waals surface area contributed by atoms with Crippen LogP contribution >= 0.6 is 0 Å². The fourth-order valence-electron chi connectivity index (χ4n) is 3.75. The second kappa shape index (κ2) is 8.35. The molecule has 2 aromatic carbocycles. The van der Waals surface area contributed by atoms with Gasteiger partial charge < -0.3 is 14.5 Å². The second-order valence-corrected chi connectivity index (χ2v) is 8.72. The topological polar surface area (TPSA) is 59.8 Å². The molecular weight excluding hydrogens is 400 g/mol. The molecule has 0 unspecified atom stereocenters. The Labute approximate surface area is 187 Å². The van der Waals surface area contributed by atoms with Gasteiger partial charge in [0.1, 0.15) is 11.4 Å². The highest BCUT2D eigenvalue weighted by Gasteiger charge is 2.26. The smallest absolute Gasteiger partial charge is 0.298 e. The van der Waals surface area contributed by atoms with Crippen LogP contribution in [-0.4, -0.2) is 23.2 Å². The van der Waals surface area contributed by atoms with E-state index < -0.39 is 11.7 Å². The van der Waals surface area contributed by atoms with Gasteiger partial charge in [-0.2, -0.15) is 0 Å². The van der Waals surface area contributed by atoms with E-state index in [1.54, 1.807) is 10.6 Å². The summed E-state index contributed by atoms with van der Waals surface area (Å²) in [6.07, 6.45) is 1.79. The lowest BCUT2D eigenvalue weighted by Gasteiger charge is -2.21. The molecule has 2 aromatic heterocycles. The summed E-state index contributed by atoms with van der Waals surface area (Å²) in [5.41, 5.74) is 4.14. The number of hydrogen-bond donors (Lipinski definition) is 1. The molecule has 0 atom stereocenters. The van der Waals surface area contributed by atoms with E-state index in [0.29, 0.717) is 22.7 Å². The van der Waals surface area contributed by atoms with E-state index in [1.165, 1.54) is 7.11 Å². The van der Waals surface area contributed by atoms with Crippen molar-refractivity contribution in [2.24, 2.45) is 0 Å². The van der Waals surface area contributed by atoms with Crippen LogP contribution in [0.25, 0.3) is 16.6 Å². The summed E-state index contributed by atoms with van der Waals surface area (Å²) in [5.74, 6) is -0.823. The normalized spacial score (nSPS) is 11.4. The van der Waals surface area contributed by atoms with Crippen molar-refractivity contribution < 1.29 is 14.3 Å². The van der Waals surface area contributed by atoms with Crippen molar-refractivity contribution in [1.82, 2.24) is 4.40 Å². The highest BCUT2D eigenvalue weighted by atomic mass is 16.5. The van der Waals surface area contributed by atoms with Crippen molar-refractivity contribution in [3.63, 3.8) is 0 Å². The van der Waals surface area contributed by atoms with Gasteiger partial charge in [0.05, 0.1) is 12.8 Å². The van der Waals surface area contributed by atoms with Gasteiger partial charge in [-0.3, -0.25) is 9.59 Å². The molecule has 2 heterocycles. The molecule has 32 heavy (non-hydrogen) atoms. The summed E-state index contributed by atoms with van der Waals surface area (Å²) in [6.45, 7) is 6.26. The summed E-state index contributed by atoms with van der Waals surface area (Å²) in [5, 5.41) is 2.78. The fraction of sp³-hybridized carbons (Fsp3) is 0.185. The first-order valence-electron chi connectivity index (χ1n) is 10.5. The highest BCUT2D eigenvalue weighted by molar-refractivity contribution is 6.47. The number of fused-ring (bicyclic) bond motifs is 1. The van der Waals surface area contributed by atoms with Gasteiger partial charge >= 0.3 is 0 Å². The van der Waals surface area contributed by atoms with Crippen LogP contribution < -0.4 is 10.1 Å². The zero-order valence-electron chi connectivity index (χ0n) is 18.7. The Kier molecular flexibility index (Phi) is 5.57. The monoisotopic (exact) mass is 426 g/mol. The van der Waals surface area contributed by atoms with Crippen LogP contribution in [-0.2, 0) is 10.2 Å². The Hall–Kier alpha value is -3.86. The number of benzene rings is 2. The minimum atomic E-state index is -0.713. The van der Waals surface area contributed by atoms with Gasteiger partial charge in [0.15, 0.2) is 0 Å². The Bertz CT molecular complexity index is 1300. The Morgan fingerprint density at radius 2 is 1.62 bits per heavy atom. The summed E-state index contributed by atoms with van der Waals surface area (Å²) < 4.78 is 7.17.